The number of amides is 1. The molecule has 2 rings (SSSR count). The number of hydrogen-bond acceptors (Lipinski definition) is 4. The van der Waals surface area contributed by atoms with E-state index in [9.17, 15) is 4.79 Å². The van der Waals surface area contributed by atoms with E-state index < -0.39 is 6.04 Å². The predicted molar refractivity (Wildman–Crippen MR) is 73.4 cm³/mol. The molecule has 1 unspecified atom stereocenters. The number of hydrogen-bond donors (Lipinski definition) is 2. The number of likely N-dealkylation sites (N-methyl/N-ethyl adjacent to an activating group) is 1. The molecule has 19 heavy (non-hydrogen) atoms. The molecular weight excluding hydrogens is 242 g/mol. The SMILES string of the molecule is CN(C)C1(CNC(=O)C(N)c2cnn(C)c2)CCC1. The van der Waals surface area contributed by atoms with Gasteiger partial charge in [0.2, 0.25) is 5.91 Å². The highest BCUT2D eigenvalue weighted by Gasteiger charge is 2.39. The van der Waals surface area contributed by atoms with Gasteiger partial charge in [0.25, 0.3) is 0 Å². The second kappa shape index (κ2) is 5.30. The van der Waals surface area contributed by atoms with E-state index in [1.54, 1.807) is 17.1 Å². The molecule has 1 saturated carbocycles. The topological polar surface area (TPSA) is 76.2 Å². The molecule has 106 valence electrons. The van der Waals surface area contributed by atoms with Gasteiger partial charge in [-0.1, -0.05) is 0 Å². The van der Waals surface area contributed by atoms with Crippen LogP contribution in [0.1, 0.15) is 30.9 Å². The third kappa shape index (κ3) is 2.79. The maximum atomic E-state index is 12.1. The summed E-state index contributed by atoms with van der Waals surface area (Å²) in [6, 6.07) is -0.645. The monoisotopic (exact) mass is 265 g/mol. The van der Waals surface area contributed by atoms with Gasteiger partial charge in [0.05, 0.1) is 6.20 Å². The van der Waals surface area contributed by atoms with Gasteiger partial charge in [0, 0.05) is 30.9 Å². The Hall–Kier alpha value is -1.40. The van der Waals surface area contributed by atoms with Crippen molar-refractivity contribution < 1.29 is 4.79 Å². The summed E-state index contributed by atoms with van der Waals surface area (Å²) in [7, 11) is 5.93. The maximum Gasteiger partial charge on any atom is 0.241 e. The highest BCUT2D eigenvalue weighted by molar-refractivity contribution is 5.82. The fourth-order valence-electron chi connectivity index (χ4n) is 2.48. The molecule has 1 amide bonds. The lowest BCUT2D eigenvalue weighted by atomic mass is 9.75. The van der Waals surface area contributed by atoms with E-state index >= 15 is 0 Å². The largest absolute Gasteiger partial charge is 0.353 e. The van der Waals surface area contributed by atoms with Crippen LogP contribution >= 0.6 is 0 Å². The summed E-state index contributed by atoms with van der Waals surface area (Å²) in [6.07, 6.45) is 6.89. The van der Waals surface area contributed by atoms with Crippen molar-refractivity contribution in [3.63, 3.8) is 0 Å². The van der Waals surface area contributed by atoms with E-state index in [2.05, 4.69) is 29.4 Å². The second-order valence-corrected chi connectivity index (χ2v) is 5.62. The Morgan fingerprint density at radius 3 is 2.74 bits per heavy atom. The van der Waals surface area contributed by atoms with Gasteiger partial charge in [-0.2, -0.15) is 5.10 Å². The van der Waals surface area contributed by atoms with E-state index in [-0.39, 0.29) is 11.4 Å². The quantitative estimate of drug-likeness (QED) is 0.787. The third-order valence-electron chi connectivity index (χ3n) is 4.19. The molecule has 1 heterocycles. The highest BCUT2D eigenvalue weighted by atomic mass is 16.2. The van der Waals surface area contributed by atoms with Crippen molar-refractivity contribution in [1.29, 1.82) is 0 Å². The minimum Gasteiger partial charge on any atom is -0.353 e. The summed E-state index contributed by atoms with van der Waals surface area (Å²) in [6.45, 7) is 0.660. The third-order valence-corrected chi connectivity index (χ3v) is 4.19. The van der Waals surface area contributed by atoms with Gasteiger partial charge in [-0.05, 0) is 33.4 Å². The van der Waals surface area contributed by atoms with Crippen molar-refractivity contribution in [2.24, 2.45) is 12.8 Å². The van der Waals surface area contributed by atoms with Crippen molar-refractivity contribution in [3.05, 3.63) is 18.0 Å². The first-order valence-corrected chi connectivity index (χ1v) is 6.64. The van der Waals surface area contributed by atoms with Crippen LogP contribution in [-0.4, -0.2) is 46.8 Å². The van der Waals surface area contributed by atoms with Gasteiger partial charge >= 0.3 is 0 Å². The first-order chi connectivity index (χ1) is 8.94. The van der Waals surface area contributed by atoms with Crippen LogP contribution in [-0.2, 0) is 11.8 Å². The lowest BCUT2D eigenvalue weighted by Gasteiger charge is -2.47. The summed E-state index contributed by atoms with van der Waals surface area (Å²) < 4.78 is 1.65. The fraction of sp³-hybridized carbons (Fsp3) is 0.692. The number of nitrogens with one attached hydrogen (secondary N) is 1. The van der Waals surface area contributed by atoms with Gasteiger partial charge in [-0.3, -0.25) is 9.48 Å². The van der Waals surface area contributed by atoms with Crippen molar-refractivity contribution in [3.8, 4) is 0 Å². The van der Waals surface area contributed by atoms with Crippen LogP contribution in [0.4, 0.5) is 0 Å². The van der Waals surface area contributed by atoms with Gasteiger partial charge in [-0.15, -0.1) is 0 Å². The Kier molecular flexibility index (Phi) is 3.91. The van der Waals surface area contributed by atoms with Gasteiger partial charge in [-0.25, -0.2) is 0 Å². The molecule has 1 aliphatic rings. The number of aromatic nitrogens is 2. The fourth-order valence-corrected chi connectivity index (χ4v) is 2.48. The lowest BCUT2D eigenvalue weighted by Crippen LogP contribution is -2.57. The number of nitrogens with two attached hydrogens (primary N) is 1. The predicted octanol–water partition coefficient (Wildman–Crippen LogP) is 0.0204. The molecule has 3 N–H and O–H groups in total. The average molecular weight is 265 g/mol. The number of carbonyl (C=O) groups is 1. The molecule has 6 heteroatoms. The number of carbonyl (C=O) groups excluding carboxylic acids is 1. The van der Waals surface area contributed by atoms with E-state index in [0.717, 1.165) is 18.4 Å². The normalized spacial score (nSPS) is 19.0. The summed E-state index contributed by atoms with van der Waals surface area (Å²) in [5.74, 6) is -0.138. The molecule has 1 fully saturated rings. The molecule has 1 atom stereocenters. The van der Waals surface area contributed by atoms with Crippen molar-refractivity contribution in [1.82, 2.24) is 20.0 Å². The second-order valence-electron chi connectivity index (χ2n) is 5.62. The molecule has 0 bridgehead atoms. The smallest absolute Gasteiger partial charge is 0.241 e. The standard InChI is InChI=1S/C13H23N5O/c1-17(2)13(5-4-6-13)9-15-12(19)11(14)10-7-16-18(3)8-10/h7-8,11H,4-6,9,14H2,1-3H3,(H,15,19). The first kappa shape index (κ1) is 14.0. The molecular formula is C13H23N5O. The van der Waals surface area contributed by atoms with Gasteiger partial charge < -0.3 is 16.0 Å². The van der Waals surface area contributed by atoms with E-state index in [4.69, 9.17) is 5.73 Å². The first-order valence-electron chi connectivity index (χ1n) is 6.64. The highest BCUT2D eigenvalue weighted by Crippen LogP contribution is 2.35. The van der Waals surface area contributed by atoms with Crippen LogP contribution in [0.5, 0.6) is 0 Å². The van der Waals surface area contributed by atoms with E-state index in [0.29, 0.717) is 6.54 Å². The van der Waals surface area contributed by atoms with Crippen LogP contribution in [0.15, 0.2) is 12.4 Å². The Bertz CT molecular complexity index is 450. The summed E-state index contributed by atoms with van der Waals surface area (Å²) >= 11 is 0. The molecule has 0 radical (unpaired) electrons. The molecule has 0 spiro atoms. The summed E-state index contributed by atoms with van der Waals surface area (Å²) in [4.78, 5) is 14.3. The van der Waals surface area contributed by atoms with Crippen LogP contribution < -0.4 is 11.1 Å². The van der Waals surface area contributed by atoms with Crippen LogP contribution in [0, 0.1) is 0 Å². The summed E-state index contributed by atoms with van der Waals surface area (Å²) in [5.41, 5.74) is 6.80. The minimum absolute atomic E-state index is 0.115. The molecule has 6 nitrogen and oxygen atoms in total. The van der Waals surface area contributed by atoms with Crippen LogP contribution in [0.25, 0.3) is 0 Å². The van der Waals surface area contributed by atoms with E-state index in [1.807, 2.05) is 7.05 Å². The Labute approximate surface area is 113 Å². The van der Waals surface area contributed by atoms with Gasteiger partial charge in [0.1, 0.15) is 6.04 Å². The van der Waals surface area contributed by atoms with Crippen molar-refractivity contribution in [2.45, 2.75) is 30.8 Å². The number of aryl methyl sites for hydroxylation is 1. The Morgan fingerprint density at radius 1 is 1.63 bits per heavy atom. The van der Waals surface area contributed by atoms with Crippen molar-refractivity contribution >= 4 is 5.91 Å². The number of rotatable bonds is 5. The lowest BCUT2D eigenvalue weighted by molar-refractivity contribution is -0.123. The number of nitrogens with zero attached hydrogens (tertiary/aromatic N) is 3. The molecule has 1 aromatic rings. The molecule has 1 aromatic heterocycles. The Morgan fingerprint density at radius 2 is 2.32 bits per heavy atom. The minimum atomic E-state index is -0.645. The van der Waals surface area contributed by atoms with Crippen LogP contribution in [0.2, 0.25) is 0 Å². The zero-order valence-electron chi connectivity index (χ0n) is 11.9. The maximum absolute atomic E-state index is 12.1. The van der Waals surface area contributed by atoms with Gasteiger partial charge in [0.15, 0.2) is 0 Å². The van der Waals surface area contributed by atoms with Crippen molar-refractivity contribution in [2.75, 3.05) is 20.6 Å². The molecule has 1 aliphatic carbocycles. The van der Waals surface area contributed by atoms with Crippen LogP contribution in [0.3, 0.4) is 0 Å². The Balaban J connectivity index is 1.91. The zero-order chi connectivity index (χ0) is 14.0. The zero-order valence-corrected chi connectivity index (χ0v) is 11.9. The average Bonchev–Trinajstić information content (AvgIpc) is 2.72. The van der Waals surface area contributed by atoms with E-state index in [1.165, 1.54) is 6.42 Å². The summed E-state index contributed by atoms with van der Waals surface area (Å²) in [5, 5.41) is 7.00. The molecule has 0 aliphatic heterocycles. The molecule has 0 saturated heterocycles. The molecule has 0 aromatic carbocycles.